The number of benzene rings is 3. The smallest absolute Gasteiger partial charge is 0.419 e. The number of hydrogen-bond donors (Lipinski definition) is 1. The van der Waals surface area contributed by atoms with E-state index in [1.165, 1.54) is 5.56 Å². The Kier molecular flexibility index (Phi) is 7.25. The fourth-order valence-electron chi connectivity index (χ4n) is 4.78. The number of carbonyl (C=O) groups excluding carboxylic acids is 1. The van der Waals surface area contributed by atoms with Gasteiger partial charge in [0, 0.05) is 23.7 Å². The van der Waals surface area contributed by atoms with Crippen LogP contribution in [0.2, 0.25) is 0 Å². The van der Waals surface area contributed by atoms with E-state index in [0.29, 0.717) is 12.4 Å². The van der Waals surface area contributed by atoms with Gasteiger partial charge in [-0.25, -0.2) is 4.79 Å². The van der Waals surface area contributed by atoms with Crippen LogP contribution in [0.1, 0.15) is 49.1 Å². The van der Waals surface area contributed by atoms with E-state index in [9.17, 15) is 4.79 Å². The Morgan fingerprint density at radius 2 is 1.82 bits per heavy atom. The van der Waals surface area contributed by atoms with Crippen LogP contribution in [0, 0.1) is 0 Å². The summed E-state index contributed by atoms with van der Waals surface area (Å²) in [6.45, 7) is 6.95. The molecule has 4 aromatic rings. The molecular formula is C32H34N2O4. The van der Waals surface area contributed by atoms with Crippen LogP contribution in [0.25, 0.3) is 17.0 Å². The van der Waals surface area contributed by atoms with E-state index in [2.05, 4.69) is 41.7 Å². The summed E-state index contributed by atoms with van der Waals surface area (Å²) in [7, 11) is 1.67. The van der Waals surface area contributed by atoms with E-state index in [1.54, 1.807) is 11.7 Å². The molecule has 1 atom stereocenters. The molecule has 1 aliphatic heterocycles. The summed E-state index contributed by atoms with van der Waals surface area (Å²) in [4.78, 5) is 12.9. The van der Waals surface area contributed by atoms with Crippen molar-refractivity contribution in [3.8, 4) is 11.5 Å². The monoisotopic (exact) mass is 510 g/mol. The maximum atomic E-state index is 12.9. The minimum absolute atomic E-state index is 0.000498. The zero-order valence-corrected chi connectivity index (χ0v) is 22.4. The lowest BCUT2D eigenvalue weighted by molar-refractivity contribution is 0.0544. The Morgan fingerprint density at radius 1 is 1.05 bits per heavy atom. The van der Waals surface area contributed by atoms with E-state index < -0.39 is 5.60 Å². The molecule has 0 bridgehead atoms. The average Bonchev–Trinajstić information content (AvgIpc) is 3.28. The standard InChI is InChI=1S/C32H34N2O4/c1-32(2,3)38-31(35)34-20-24(25-12-8-9-13-28(25)34)14-15-27-26-19-29(36-4)30(18-23(26)16-17-33-27)37-21-22-10-6-5-7-11-22/h5-15,18-20,27,33H,16-17,21H2,1-4H3/b15-14+. The van der Waals surface area contributed by atoms with Gasteiger partial charge in [-0.3, -0.25) is 4.57 Å². The van der Waals surface area contributed by atoms with Crippen LogP contribution in [0.5, 0.6) is 11.5 Å². The highest BCUT2D eigenvalue weighted by Crippen LogP contribution is 2.36. The first-order valence-corrected chi connectivity index (χ1v) is 12.9. The van der Waals surface area contributed by atoms with Gasteiger partial charge in [-0.1, -0.05) is 60.7 Å². The average molecular weight is 511 g/mol. The molecule has 196 valence electrons. The zero-order valence-electron chi connectivity index (χ0n) is 22.4. The summed E-state index contributed by atoms with van der Waals surface area (Å²) in [5.41, 5.74) is 4.71. The molecule has 0 saturated carbocycles. The summed E-state index contributed by atoms with van der Waals surface area (Å²) in [6.07, 6.45) is 6.58. The lowest BCUT2D eigenvalue weighted by Crippen LogP contribution is -2.28. The van der Waals surface area contributed by atoms with Crippen molar-refractivity contribution < 1.29 is 19.0 Å². The quantitative estimate of drug-likeness (QED) is 0.305. The summed E-state index contributed by atoms with van der Waals surface area (Å²) in [5.74, 6) is 1.46. The number of carbonyl (C=O) groups is 1. The third-order valence-corrected chi connectivity index (χ3v) is 6.56. The molecular weight excluding hydrogens is 476 g/mol. The Hall–Kier alpha value is -4.03. The maximum Gasteiger partial charge on any atom is 0.419 e. The van der Waals surface area contributed by atoms with Crippen molar-refractivity contribution >= 4 is 23.1 Å². The topological polar surface area (TPSA) is 61.7 Å². The number of nitrogens with zero attached hydrogens (tertiary/aromatic N) is 1. The van der Waals surface area contributed by atoms with Crippen molar-refractivity contribution in [3.05, 3.63) is 101 Å². The van der Waals surface area contributed by atoms with E-state index in [-0.39, 0.29) is 12.1 Å². The van der Waals surface area contributed by atoms with E-state index in [4.69, 9.17) is 14.2 Å². The van der Waals surface area contributed by atoms with Crippen LogP contribution in [0.15, 0.2) is 79.0 Å². The molecule has 5 rings (SSSR count). The van der Waals surface area contributed by atoms with Gasteiger partial charge in [-0.05, 0) is 62.1 Å². The van der Waals surface area contributed by atoms with Crippen LogP contribution < -0.4 is 14.8 Å². The fourth-order valence-corrected chi connectivity index (χ4v) is 4.78. The van der Waals surface area contributed by atoms with Crippen LogP contribution in [-0.4, -0.2) is 29.9 Å². The van der Waals surface area contributed by atoms with Gasteiger partial charge in [-0.15, -0.1) is 0 Å². The minimum atomic E-state index is -0.573. The van der Waals surface area contributed by atoms with Gasteiger partial charge in [-0.2, -0.15) is 0 Å². The number of aromatic nitrogens is 1. The van der Waals surface area contributed by atoms with Crippen molar-refractivity contribution in [1.82, 2.24) is 9.88 Å². The third-order valence-electron chi connectivity index (χ3n) is 6.56. The molecule has 0 aliphatic carbocycles. The second-order valence-corrected chi connectivity index (χ2v) is 10.5. The first-order valence-electron chi connectivity index (χ1n) is 12.9. The largest absolute Gasteiger partial charge is 0.493 e. The minimum Gasteiger partial charge on any atom is -0.493 e. The van der Waals surface area contributed by atoms with Crippen molar-refractivity contribution in [2.24, 2.45) is 0 Å². The van der Waals surface area contributed by atoms with Gasteiger partial charge < -0.3 is 19.5 Å². The number of rotatable bonds is 6. The van der Waals surface area contributed by atoms with Crippen LogP contribution in [-0.2, 0) is 17.8 Å². The Balaban J connectivity index is 1.42. The summed E-state index contributed by atoms with van der Waals surface area (Å²) >= 11 is 0. The number of methoxy groups -OCH3 is 1. The van der Waals surface area contributed by atoms with Crippen molar-refractivity contribution in [2.75, 3.05) is 13.7 Å². The molecule has 0 fully saturated rings. The number of nitrogens with one attached hydrogen (secondary N) is 1. The van der Waals surface area contributed by atoms with Crippen molar-refractivity contribution in [2.45, 2.75) is 45.4 Å². The Labute approximate surface area is 223 Å². The highest BCUT2D eigenvalue weighted by Gasteiger charge is 2.23. The molecule has 1 unspecified atom stereocenters. The summed E-state index contributed by atoms with van der Waals surface area (Å²) in [6, 6.07) is 22.2. The zero-order chi connectivity index (χ0) is 26.7. The SMILES string of the molecule is COc1cc2c(cc1OCc1ccccc1)CCNC2/C=C/c1cn(C(=O)OC(C)(C)C)c2ccccc12. The number of ether oxygens (including phenoxy) is 3. The molecule has 38 heavy (non-hydrogen) atoms. The molecule has 1 aromatic heterocycles. The molecule has 6 heteroatoms. The molecule has 1 N–H and O–H groups in total. The van der Waals surface area contributed by atoms with Crippen LogP contribution >= 0.6 is 0 Å². The number of hydrogen-bond acceptors (Lipinski definition) is 5. The normalized spacial score (nSPS) is 15.4. The van der Waals surface area contributed by atoms with Gasteiger partial charge in [0.1, 0.15) is 12.2 Å². The highest BCUT2D eigenvalue weighted by atomic mass is 16.6. The van der Waals surface area contributed by atoms with Crippen LogP contribution in [0.4, 0.5) is 4.79 Å². The molecule has 3 aromatic carbocycles. The second-order valence-electron chi connectivity index (χ2n) is 10.5. The van der Waals surface area contributed by atoms with E-state index in [1.807, 2.05) is 69.4 Å². The summed E-state index contributed by atoms with van der Waals surface area (Å²) < 4.78 is 19.1. The van der Waals surface area contributed by atoms with Gasteiger partial charge in [0.15, 0.2) is 11.5 Å². The Morgan fingerprint density at radius 3 is 2.58 bits per heavy atom. The summed E-state index contributed by atoms with van der Waals surface area (Å²) in [5, 5.41) is 4.59. The highest BCUT2D eigenvalue weighted by molar-refractivity contribution is 5.95. The predicted molar refractivity (Wildman–Crippen MR) is 151 cm³/mol. The van der Waals surface area contributed by atoms with Gasteiger partial charge >= 0.3 is 6.09 Å². The second kappa shape index (κ2) is 10.8. The maximum absolute atomic E-state index is 12.9. The van der Waals surface area contributed by atoms with Gasteiger partial charge in [0.05, 0.1) is 18.7 Å². The predicted octanol–water partition coefficient (Wildman–Crippen LogP) is 6.91. The Bertz CT molecular complexity index is 1460. The molecule has 0 saturated heterocycles. The lowest BCUT2D eigenvalue weighted by atomic mass is 9.93. The third kappa shape index (κ3) is 5.60. The molecule has 0 radical (unpaired) electrons. The first-order chi connectivity index (χ1) is 18.3. The molecule has 0 spiro atoms. The number of fused-ring (bicyclic) bond motifs is 2. The first kappa shape index (κ1) is 25.6. The van der Waals surface area contributed by atoms with Crippen molar-refractivity contribution in [3.63, 3.8) is 0 Å². The fraction of sp³-hybridized carbons (Fsp3) is 0.281. The van der Waals surface area contributed by atoms with E-state index >= 15 is 0 Å². The van der Waals surface area contributed by atoms with E-state index in [0.717, 1.165) is 46.3 Å². The molecule has 1 aliphatic rings. The molecule has 2 heterocycles. The lowest BCUT2D eigenvalue weighted by Gasteiger charge is -2.26. The molecule has 0 amide bonds. The molecule has 6 nitrogen and oxygen atoms in total. The van der Waals surface area contributed by atoms with Crippen LogP contribution in [0.3, 0.4) is 0 Å². The number of para-hydroxylation sites is 1. The van der Waals surface area contributed by atoms with Crippen molar-refractivity contribution in [1.29, 1.82) is 0 Å². The van der Waals surface area contributed by atoms with Gasteiger partial charge in [0.25, 0.3) is 0 Å². The van der Waals surface area contributed by atoms with Gasteiger partial charge in [0.2, 0.25) is 0 Å².